The molecule has 0 bridgehead atoms. The van der Waals surface area contributed by atoms with E-state index in [1.165, 1.54) is 42.5 Å². The van der Waals surface area contributed by atoms with Gasteiger partial charge in [-0.1, -0.05) is 42.5 Å². The molecule has 10 heteroatoms. The Hall–Kier alpha value is -4.73. The van der Waals surface area contributed by atoms with Crippen molar-refractivity contribution in [2.24, 2.45) is 0 Å². The van der Waals surface area contributed by atoms with Gasteiger partial charge in [-0.05, 0) is 18.2 Å². The van der Waals surface area contributed by atoms with E-state index in [0.29, 0.717) is 11.1 Å². The fraction of sp³-hybridized carbons (Fsp3) is 0. The fourth-order valence-corrected chi connectivity index (χ4v) is 3.02. The van der Waals surface area contributed by atoms with Crippen LogP contribution in [-0.4, -0.2) is 30.6 Å². The molecule has 0 aliphatic heterocycles. The van der Waals surface area contributed by atoms with Gasteiger partial charge < -0.3 is 0 Å². The summed E-state index contributed by atoms with van der Waals surface area (Å²) in [5.74, 6) is -0.432. The van der Waals surface area contributed by atoms with Crippen LogP contribution in [0.1, 0.15) is 16.1 Å². The first-order valence-corrected chi connectivity index (χ1v) is 9.01. The van der Waals surface area contributed by atoms with Gasteiger partial charge in [-0.3, -0.25) is 25.0 Å². The lowest BCUT2D eigenvalue weighted by Gasteiger charge is -2.01. The number of hydrogen-bond acceptors (Lipinski definition) is 7. The Morgan fingerprint density at radius 1 is 0.774 bits per heavy atom. The summed E-state index contributed by atoms with van der Waals surface area (Å²) < 4.78 is 0. The maximum atomic E-state index is 13.1. The highest BCUT2D eigenvalue weighted by Crippen LogP contribution is 2.28. The van der Waals surface area contributed by atoms with E-state index in [1.54, 1.807) is 36.4 Å². The molecule has 0 atom stereocenters. The first-order chi connectivity index (χ1) is 15.0. The minimum atomic E-state index is -0.567. The van der Waals surface area contributed by atoms with Gasteiger partial charge in [0, 0.05) is 29.3 Å². The van der Waals surface area contributed by atoms with Gasteiger partial charge in [-0.15, -0.1) is 15.0 Å². The smallest absolute Gasteiger partial charge is 0.287 e. The van der Waals surface area contributed by atoms with Crippen LogP contribution < -0.4 is 0 Å². The molecule has 0 aliphatic rings. The highest BCUT2D eigenvalue weighted by molar-refractivity contribution is 6.10. The van der Waals surface area contributed by atoms with Crippen LogP contribution in [0.25, 0.3) is 16.9 Å². The van der Waals surface area contributed by atoms with Crippen molar-refractivity contribution in [2.75, 3.05) is 0 Å². The van der Waals surface area contributed by atoms with Gasteiger partial charge in [0.05, 0.1) is 9.85 Å². The molecule has 3 aromatic carbocycles. The van der Waals surface area contributed by atoms with Gasteiger partial charge >= 0.3 is 0 Å². The molecule has 4 rings (SSSR count). The molecule has 10 nitrogen and oxygen atoms in total. The molecule has 1 aromatic heterocycles. The summed E-state index contributed by atoms with van der Waals surface area (Å²) >= 11 is 0. The summed E-state index contributed by atoms with van der Waals surface area (Å²) in [4.78, 5) is 35.4. The predicted molar refractivity (Wildman–Crippen MR) is 110 cm³/mol. The van der Waals surface area contributed by atoms with E-state index in [2.05, 4.69) is 10.2 Å². The zero-order valence-electron chi connectivity index (χ0n) is 15.8. The summed E-state index contributed by atoms with van der Waals surface area (Å²) in [5.41, 5.74) is 0.634. The molecule has 0 spiro atoms. The fourth-order valence-electron chi connectivity index (χ4n) is 3.02. The molecule has 0 saturated carbocycles. The van der Waals surface area contributed by atoms with Gasteiger partial charge in [-0.25, -0.2) is 0 Å². The minimum absolute atomic E-state index is 0.0294. The number of aromatic nitrogens is 3. The summed E-state index contributed by atoms with van der Waals surface area (Å²) in [5, 5.41) is 31.0. The van der Waals surface area contributed by atoms with E-state index in [9.17, 15) is 25.0 Å². The summed E-state index contributed by atoms with van der Waals surface area (Å²) in [6.45, 7) is 0. The molecule has 0 aliphatic carbocycles. The van der Waals surface area contributed by atoms with Crippen molar-refractivity contribution in [2.45, 2.75) is 0 Å². The van der Waals surface area contributed by atoms with Crippen molar-refractivity contribution in [3.63, 3.8) is 0 Å². The third-order valence-electron chi connectivity index (χ3n) is 4.51. The molecule has 0 unspecified atom stereocenters. The SMILES string of the molecule is O=C(c1ccccc1)c1nn(-c2ccccc2[N+](=O)[O-])nc1-c1ccc([N+](=O)[O-])cc1. The van der Waals surface area contributed by atoms with Crippen LogP contribution in [0, 0.1) is 20.2 Å². The summed E-state index contributed by atoms with van der Waals surface area (Å²) in [6, 6.07) is 19.8. The van der Waals surface area contributed by atoms with E-state index in [1.807, 2.05) is 0 Å². The highest BCUT2D eigenvalue weighted by atomic mass is 16.6. The maximum Gasteiger partial charge on any atom is 0.296 e. The Morgan fingerprint density at radius 2 is 1.42 bits per heavy atom. The number of nitro groups is 2. The number of carbonyl (C=O) groups is 1. The molecule has 0 N–H and O–H groups in total. The highest BCUT2D eigenvalue weighted by Gasteiger charge is 2.25. The number of ketones is 1. The van der Waals surface area contributed by atoms with Crippen molar-refractivity contribution in [1.29, 1.82) is 0 Å². The van der Waals surface area contributed by atoms with Gasteiger partial charge in [-0.2, -0.15) is 0 Å². The second kappa shape index (κ2) is 7.95. The average molecular weight is 415 g/mol. The quantitative estimate of drug-likeness (QED) is 0.264. The van der Waals surface area contributed by atoms with Gasteiger partial charge in [0.15, 0.2) is 11.4 Å². The number of rotatable bonds is 6. The molecule has 0 radical (unpaired) electrons. The number of hydrogen-bond donors (Lipinski definition) is 0. The van der Waals surface area contributed by atoms with Gasteiger partial charge in [0.1, 0.15) is 5.69 Å². The molecular formula is C21H13N5O5. The lowest BCUT2D eigenvalue weighted by molar-refractivity contribution is -0.384. The Labute approximate surface area is 174 Å². The maximum absolute atomic E-state index is 13.1. The predicted octanol–water partition coefficient (Wildman–Crippen LogP) is 3.98. The monoisotopic (exact) mass is 415 g/mol. The van der Waals surface area contributed by atoms with Crippen LogP contribution in [0.2, 0.25) is 0 Å². The van der Waals surface area contributed by atoms with Crippen LogP contribution in [0.3, 0.4) is 0 Å². The van der Waals surface area contributed by atoms with Gasteiger partial charge in [0.25, 0.3) is 11.4 Å². The minimum Gasteiger partial charge on any atom is -0.287 e. The lowest BCUT2D eigenvalue weighted by atomic mass is 10.0. The number of benzene rings is 3. The molecule has 31 heavy (non-hydrogen) atoms. The summed E-state index contributed by atoms with van der Waals surface area (Å²) in [7, 11) is 0. The Morgan fingerprint density at radius 3 is 2.06 bits per heavy atom. The lowest BCUT2D eigenvalue weighted by Crippen LogP contribution is -2.06. The topological polar surface area (TPSA) is 134 Å². The molecule has 152 valence electrons. The number of nitrogens with zero attached hydrogens (tertiary/aromatic N) is 5. The van der Waals surface area contributed by atoms with E-state index >= 15 is 0 Å². The Balaban J connectivity index is 1.90. The number of carbonyl (C=O) groups excluding carboxylic acids is 1. The van der Waals surface area contributed by atoms with Crippen LogP contribution in [0.15, 0.2) is 78.9 Å². The Kier molecular flexibility index (Phi) is 5.02. The standard InChI is InChI=1S/C21H13N5O5/c27-21(15-6-2-1-3-7-15)20-19(14-10-12-16(13-11-14)25(28)29)22-24(23-20)17-8-4-5-9-18(17)26(30)31/h1-13H. The van der Waals surface area contributed by atoms with Crippen molar-refractivity contribution in [3.05, 3.63) is 110 Å². The largest absolute Gasteiger partial charge is 0.296 e. The molecule has 4 aromatic rings. The van der Waals surface area contributed by atoms with E-state index in [4.69, 9.17) is 0 Å². The third kappa shape index (κ3) is 3.77. The number of para-hydroxylation sites is 2. The van der Waals surface area contributed by atoms with Crippen molar-refractivity contribution in [3.8, 4) is 16.9 Å². The van der Waals surface area contributed by atoms with E-state index in [-0.39, 0.29) is 28.5 Å². The van der Waals surface area contributed by atoms with Crippen LogP contribution in [0.5, 0.6) is 0 Å². The number of non-ortho nitro benzene ring substituents is 1. The zero-order valence-corrected chi connectivity index (χ0v) is 15.8. The summed E-state index contributed by atoms with van der Waals surface area (Å²) in [6.07, 6.45) is 0. The molecule has 1 heterocycles. The normalized spacial score (nSPS) is 10.6. The van der Waals surface area contributed by atoms with Crippen LogP contribution in [-0.2, 0) is 0 Å². The van der Waals surface area contributed by atoms with Crippen LogP contribution in [0.4, 0.5) is 11.4 Å². The molecule has 0 fully saturated rings. The second-order valence-corrected chi connectivity index (χ2v) is 6.43. The average Bonchev–Trinajstić information content (AvgIpc) is 3.24. The van der Waals surface area contributed by atoms with E-state index in [0.717, 1.165) is 4.80 Å². The van der Waals surface area contributed by atoms with E-state index < -0.39 is 15.6 Å². The third-order valence-corrected chi connectivity index (χ3v) is 4.51. The molecular weight excluding hydrogens is 402 g/mol. The first kappa shape index (κ1) is 19.6. The van der Waals surface area contributed by atoms with Crippen molar-refractivity contribution >= 4 is 17.2 Å². The van der Waals surface area contributed by atoms with Gasteiger partial charge in [0.2, 0.25) is 5.78 Å². The molecule has 0 saturated heterocycles. The van der Waals surface area contributed by atoms with Crippen LogP contribution >= 0.6 is 0 Å². The first-order valence-electron chi connectivity index (χ1n) is 9.01. The van der Waals surface area contributed by atoms with Crippen molar-refractivity contribution in [1.82, 2.24) is 15.0 Å². The Bertz CT molecular complexity index is 1300. The number of nitro benzene ring substituents is 2. The second-order valence-electron chi connectivity index (χ2n) is 6.43. The zero-order chi connectivity index (χ0) is 22.0. The molecule has 0 amide bonds. The van der Waals surface area contributed by atoms with Crippen molar-refractivity contribution < 1.29 is 14.6 Å².